The summed E-state index contributed by atoms with van der Waals surface area (Å²) in [6.07, 6.45) is -3.55. The number of ether oxygens (including phenoxy) is 2. The molecule has 0 amide bonds. The van der Waals surface area contributed by atoms with Crippen LogP contribution in [0, 0.1) is 0 Å². The molecule has 0 fully saturated rings. The predicted molar refractivity (Wildman–Crippen MR) is 90.9 cm³/mol. The molecule has 10 heteroatoms. The molecule has 0 spiro atoms. The van der Waals surface area contributed by atoms with Crippen molar-refractivity contribution in [1.29, 1.82) is 0 Å². The Balaban J connectivity index is 2.25. The van der Waals surface area contributed by atoms with Crippen LogP contribution < -0.4 is 4.74 Å². The average Bonchev–Trinajstić information content (AvgIpc) is 3.02. The zero-order valence-electron chi connectivity index (χ0n) is 14.3. The lowest BCUT2D eigenvalue weighted by Crippen LogP contribution is -2.16. The van der Waals surface area contributed by atoms with E-state index in [1.54, 1.807) is 13.8 Å². The van der Waals surface area contributed by atoms with E-state index in [0.717, 1.165) is 12.1 Å². The first-order chi connectivity index (χ1) is 12.1. The van der Waals surface area contributed by atoms with Crippen molar-refractivity contribution in [2.24, 2.45) is 0 Å². The molecule has 1 heterocycles. The van der Waals surface area contributed by atoms with Gasteiger partial charge in [0, 0.05) is 5.56 Å². The number of halogens is 3. The Bertz CT molecular complexity index is 778. The summed E-state index contributed by atoms with van der Waals surface area (Å²) in [6, 6.07) is 3.22. The second-order valence-corrected chi connectivity index (χ2v) is 6.32. The molecule has 1 aromatic carbocycles. The van der Waals surface area contributed by atoms with Gasteiger partial charge in [-0.15, -0.1) is 5.10 Å². The van der Waals surface area contributed by atoms with Crippen LogP contribution in [0.25, 0.3) is 11.4 Å². The van der Waals surface area contributed by atoms with Crippen LogP contribution in [0.1, 0.15) is 31.2 Å². The number of hydrogen-bond acceptors (Lipinski definition) is 6. The number of rotatable bonds is 6. The molecule has 0 unspecified atom stereocenters. The van der Waals surface area contributed by atoms with E-state index in [9.17, 15) is 18.0 Å². The molecule has 2 aromatic rings. The Kier molecular flexibility index (Phi) is 6.17. The Morgan fingerprint density at radius 2 is 2.00 bits per heavy atom. The van der Waals surface area contributed by atoms with Gasteiger partial charge >= 0.3 is 12.1 Å². The van der Waals surface area contributed by atoms with E-state index in [4.69, 9.17) is 9.47 Å². The number of thiol groups is 1. The first-order valence-electron chi connectivity index (χ1n) is 7.65. The standard InChI is InChI=1S/C16H18F3N3O3S/c1-9(2)25-14(23)7-13(26)22-8-20-15(21-22)10-4-11(16(17,18)19)6-12(5-10)24-3/h4-6,8-9,13,26H,7H2,1-3H3/t13-/m0/s1. The summed E-state index contributed by atoms with van der Waals surface area (Å²) in [7, 11) is 1.27. The molecular weight excluding hydrogens is 371 g/mol. The van der Waals surface area contributed by atoms with E-state index in [-0.39, 0.29) is 29.7 Å². The highest BCUT2D eigenvalue weighted by atomic mass is 32.1. The largest absolute Gasteiger partial charge is 0.497 e. The first-order valence-corrected chi connectivity index (χ1v) is 8.17. The molecule has 1 atom stereocenters. The predicted octanol–water partition coefficient (Wildman–Crippen LogP) is 3.74. The molecule has 0 N–H and O–H groups in total. The number of methoxy groups -OCH3 is 1. The van der Waals surface area contributed by atoms with Crippen LogP contribution >= 0.6 is 12.6 Å². The zero-order valence-corrected chi connectivity index (χ0v) is 15.2. The Hall–Kier alpha value is -2.23. The van der Waals surface area contributed by atoms with Gasteiger partial charge < -0.3 is 9.47 Å². The van der Waals surface area contributed by atoms with E-state index in [1.807, 2.05) is 0 Å². The van der Waals surface area contributed by atoms with E-state index in [2.05, 4.69) is 22.7 Å². The molecule has 26 heavy (non-hydrogen) atoms. The van der Waals surface area contributed by atoms with Crippen molar-refractivity contribution in [3.05, 3.63) is 30.1 Å². The molecule has 0 bridgehead atoms. The maximum absolute atomic E-state index is 13.0. The van der Waals surface area contributed by atoms with E-state index in [1.165, 1.54) is 24.2 Å². The summed E-state index contributed by atoms with van der Waals surface area (Å²) < 4.78 is 50.3. The molecule has 6 nitrogen and oxygen atoms in total. The topological polar surface area (TPSA) is 66.2 Å². The average molecular weight is 389 g/mol. The quantitative estimate of drug-likeness (QED) is 0.602. The molecule has 0 aliphatic heterocycles. The van der Waals surface area contributed by atoms with Crippen molar-refractivity contribution in [3.8, 4) is 17.1 Å². The number of hydrogen-bond donors (Lipinski definition) is 1. The van der Waals surface area contributed by atoms with Gasteiger partial charge in [0.25, 0.3) is 0 Å². The summed E-state index contributed by atoms with van der Waals surface area (Å²) in [5.41, 5.74) is -0.730. The van der Waals surface area contributed by atoms with Gasteiger partial charge in [-0.1, -0.05) is 0 Å². The van der Waals surface area contributed by atoms with Crippen LogP contribution in [0.4, 0.5) is 13.2 Å². The lowest BCUT2D eigenvalue weighted by atomic mass is 10.1. The molecule has 142 valence electrons. The second kappa shape index (κ2) is 7.98. The minimum atomic E-state index is -4.53. The van der Waals surface area contributed by atoms with E-state index < -0.39 is 23.1 Å². The number of carbonyl (C=O) groups excluding carboxylic acids is 1. The van der Waals surface area contributed by atoms with Gasteiger partial charge in [-0.05, 0) is 32.0 Å². The Morgan fingerprint density at radius 1 is 1.31 bits per heavy atom. The van der Waals surface area contributed by atoms with Gasteiger partial charge in [0.15, 0.2) is 5.82 Å². The number of aromatic nitrogens is 3. The van der Waals surface area contributed by atoms with E-state index in [0.29, 0.717) is 0 Å². The third kappa shape index (κ3) is 5.13. The number of esters is 1. The first kappa shape index (κ1) is 20.1. The van der Waals surface area contributed by atoms with Crippen molar-refractivity contribution in [3.63, 3.8) is 0 Å². The summed E-state index contributed by atoms with van der Waals surface area (Å²) >= 11 is 4.27. The number of nitrogens with zero attached hydrogens (tertiary/aromatic N) is 3. The number of carbonyl (C=O) groups is 1. The summed E-state index contributed by atoms with van der Waals surface area (Å²) in [6.45, 7) is 3.44. The van der Waals surface area contributed by atoms with Gasteiger partial charge in [0.05, 0.1) is 25.2 Å². The monoisotopic (exact) mass is 389 g/mol. The molecule has 0 saturated carbocycles. The molecule has 1 aromatic heterocycles. The Morgan fingerprint density at radius 3 is 2.58 bits per heavy atom. The zero-order chi connectivity index (χ0) is 19.5. The van der Waals surface area contributed by atoms with Crippen LogP contribution in [0.5, 0.6) is 5.75 Å². The van der Waals surface area contributed by atoms with Crippen LogP contribution in [-0.4, -0.2) is 33.9 Å². The van der Waals surface area contributed by atoms with Crippen LogP contribution in [0.15, 0.2) is 24.5 Å². The number of benzene rings is 1. The normalized spacial score (nSPS) is 12.9. The summed E-state index contributed by atoms with van der Waals surface area (Å²) in [5, 5.41) is 3.45. The maximum atomic E-state index is 13.0. The van der Waals surface area contributed by atoms with Crippen molar-refractivity contribution < 1.29 is 27.4 Å². The lowest BCUT2D eigenvalue weighted by Gasteiger charge is -2.12. The van der Waals surface area contributed by atoms with Crippen molar-refractivity contribution >= 4 is 18.6 Å². The molecule has 0 aliphatic carbocycles. The second-order valence-electron chi connectivity index (χ2n) is 5.72. The third-order valence-electron chi connectivity index (χ3n) is 3.26. The minimum Gasteiger partial charge on any atom is -0.497 e. The molecule has 0 aliphatic rings. The summed E-state index contributed by atoms with van der Waals surface area (Å²) in [5.74, 6) is -0.363. The fourth-order valence-electron chi connectivity index (χ4n) is 2.11. The Labute approximate surface area is 153 Å². The SMILES string of the molecule is COc1cc(-c2ncn([C@@H](S)CC(=O)OC(C)C)n2)cc(C(F)(F)F)c1. The van der Waals surface area contributed by atoms with Gasteiger partial charge in [-0.25, -0.2) is 9.67 Å². The number of alkyl halides is 3. The van der Waals surface area contributed by atoms with Gasteiger partial charge in [-0.3, -0.25) is 4.79 Å². The smallest absolute Gasteiger partial charge is 0.416 e. The highest BCUT2D eigenvalue weighted by molar-refractivity contribution is 7.80. The maximum Gasteiger partial charge on any atom is 0.416 e. The highest BCUT2D eigenvalue weighted by Gasteiger charge is 2.32. The van der Waals surface area contributed by atoms with Crippen LogP contribution in [0.2, 0.25) is 0 Å². The molecular formula is C16H18F3N3O3S. The van der Waals surface area contributed by atoms with Crippen molar-refractivity contribution in [2.75, 3.05) is 7.11 Å². The van der Waals surface area contributed by atoms with Gasteiger partial charge in [0.2, 0.25) is 0 Å². The molecule has 0 radical (unpaired) electrons. The summed E-state index contributed by atoms with van der Waals surface area (Å²) in [4.78, 5) is 15.7. The van der Waals surface area contributed by atoms with Crippen LogP contribution in [0.3, 0.4) is 0 Å². The molecule has 2 rings (SSSR count). The molecule has 0 saturated heterocycles. The van der Waals surface area contributed by atoms with Gasteiger partial charge in [-0.2, -0.15) is 25.8 Å². The minimum absolute atomic E-state index is 0.0362. The van der Waals surface area contributed by atoms with Crippen LogP contribution in [-0.2, 0) is 15.7 Å². The van der Waals surface area contributed by atoms with Gasteiger partial charge in [0.1, 0.15) is 17.5 Å². The third-order valence-corrected chi connectivity index (χ3v) is 3.68. The van der Waals surface area contributed by atoms with Crippen molar-refractivity contribution in [2.45, 2.75) is 37.9 Å². The van der Waals surface area contributed by atoms with E-state index >= 15 is 0 Å². The lowest BCUT2D eigenvalue weighted by molar-refractivity contribution is -0.147. The fraction of sp³-hybridized carbons (Fsp3) is 0.438. The highest BCUT2D eigenvalue weighted by Crippen LogP contribution is 2.35. The van der Waals surface area contributed by atoms with Crippen molar-refractivity contribution in [1.82, 2.24) is 14.8 Å². The fourth-order valence-corrected chi connectivity index (χ4v) is 2.37.